The number of nitrogens with one attached hydrogen (secondary N) is 1. The number of rotatable bonds is 7. The van der Waals surface area contributed by atoms with Crippen molar-refractivity contribution in [1.29, 1.82) is 0 Å². The highest BCUT2D eigenvalue weighted by molar-refractivity contribution is 6.00. The van der Waals surface area contributed by atoms with Crippen LogP contribution in [0.25, 0.3) is 0 Å². The molecule has 0 spiro atoms. The first-order valence-corrected chi connectivity index (χ1v) is 8.32. The Morgan fingerprint density at radius 1 is 1.23 bits per heavy atom. The number of hydrogen-bond acceptors (Lipinski definition) is 4. The maximum atomic E-state index is 12.7. The van der Waals surface area contributed by atoms with E-state index >= 15 is 0 Å². The predicted molar refractivity (Wildman–Crippen MR) is 90.0 cm³/mol. The maximum absolute atomic E-state index is 12.7. The summed E-state index contributed by atoms with van der Waals surface area (Å²) in [5.74, 6) is 0.984. The summed E-state index contributed by atoms with van der Waals surface area (Å²) in [4.78, 5) is 15.1. The number of Topliss-reactive ketones (excluding diaryl/α,β-unsaturated/α-hetero) is 1. The van der Waals surface area contributed by atoms with Crippen LogP contribution < -0.4 is 10.1 Å². The van der Waals surface area contributed by atoms with Crippen molar-refractivity contribution in [2.75, 3.05) is 39.3 Å². The number of ether oxygens (including phenoxy) is 1. The normalized spacial score (nSPS) is 15.8. The Kier molecular flexibility index (Phi) is 6.40. The number of benzene rings is 1. The highest BCUT2D eigenvalue weighted by Crippen LogP contribution is 2.28. The smallest absolute Gasteiger partial charge is 0.168 e. The molecule has 0 saturated carbocycles. The van der Waals surface area contributed by atoms with Crippen LogP contribution >= 0.6 is 0 Å². The Labute approximate surface area is 133 Å². The Bertz CT molecular complexity index is 508. The van der Waals surface area contributed by atoms with Crippen LogP contribution in [0.2, 0.25) is 0 Å². The number of carbonyl (C=O) groups is 1. The van der Waals surface area contributed by atoms with Crippen molar-refractivity contribution in [3.05, 3.63) is 28.8 Å². The molecule has 0 aromatic heterocycles. The number of hydrogen-bond donors (Lipinski definition) is 1. The van der Waals surface area contributed by atoms with Crippen LogP contribution in [0, 0.1) is 13.8 Å². The zero-order valence-corrected chi connectivity index (χ0v) is 14.1. The van der Waals surface area contributed by atoms with E-state index in [1.165, 1.54) is 0 Å². The molecule has 1 aromatic rings. The molecule has 4 heteroatoms. The SMILES string of the molecule is CCCOc1c(C)ccc(C)c1C(=O)CCN1CCNCC1. The van der Waals surface area contributed by atoms with Crippen molar-refractivity contribution in [1.82, 2.24) is 10.2 Å². The molecule has 0 unspecified atom stereocenters. The van der Waals surface area contributed by atoms with Gasteiger partial charge in [0.05, 0.1) is 12.2 Å². The summed E-state index contributed by atoms with van der Waals surface area (Å²) in [5, 5.41) is 3.34. The summed E-state index contributed by atoms with van der Waals surface area (Å²) in [5.41, 5.74) is 2.84. The lowest BCUT2D eigenvalue weighted by Gasteiger charge is -2.27. The lowest BCUT2D eigenvalue weighted by Crippen LogP contribution is -2.44. The Hall–Kier alpha value is -1.39. The molecule has 0 amide bonds. The molecule has 2 rings (SSSR count). The second-order valence-corrected chi connectivity index (χ2v) is 6.02. The molecule has 0 atom stereocenters. The van der Waals surface area contributed by atoms with Crippen molar-refractivity contribution in [3.8, 4) is 5.75 Å². The Balaban J connectivity index is 2.08. The number of carbonyl (C=O) groups excluding carboxylic acids is 1. The van der Waals surface area contributed by atoms with Gasteiger partial charge in [-0.2, -0.15) is 0 Å². The molecule has 1 fully saturated rings. The minimum atomic E-state index is 0.200. The van der Waals surface area contributed by atoms with E-state index in [9.17, 15) is 4.79 Å². The average Bonchev–Trinajstić information content (AvgIpc) is 2.54. The topological polar surface area (TPSA) is 41.6 Å². The molecular weight excluding hydrogens is 276 g/mol. The molecule has 1 aliphatic heterocycles. The van der Waals surface area contributed by atoms with Crippen molar-refractivity contribution < 1.29 is 9.53 Å². The van der Waals surface area contributed by atoms with Crippen LogP contribution in [-0.2, 0) is 0 Å². The molecule has 22 heavy (non-hydrogen) atoms. The van der Waals surface area contributed by atoms with Crippen molar-refractivity contribution in [2.45, 2.75) is 33.6 Å². The number of aryl methyl sites for hydroxylation is 2. The van der Waals surface area contributed by atoms with Gasteiger partial charge in [-0.25, -0.2) is 0 Å². The lowest BCUT2D eigenvalue weighted by atomic mass is 9.98. The van der Waals surface area contributed by atoms with Gasteiger partial charge >= 0.3 is 0 Å². The zero-order chi connectivity index (χ0) is 15.9. The first-order chi connectivity index (χ1) is 10.6. The highest BCUT2D eigenvalue weighted by atomic mass is 16.5. The maximum Gasteiger partial charge on any atom is 0.168 e. The van der Waals surface area contributed by atoms with Gasteiger partial charge in [0.15, 0.2) is 5.78 Å². The van der Waals surface area contributed by atoms with E-state index in [1.54, 1.807) is 0 Å². The van der Waals surface area contributed by atoms with Gasteiger partial charge in [0, 0.05) is 39.1 Å². The van der Waals surface area contributed by atoms with Gasteiger partial charge in [0.1, 0.15) is 5.75 Å². The summed E-state index contributed by atoms with van der Waals surface area (Å²) in [7, 11) is 0. The van der Waals surface area contributed by atoms with E-state index in [0.717, 1.165) is 61.6 Å². The third-order valence-electron chi connectivity index (χ3n) is 4.16. The Morgan fingerprint density at radius 2 is 1.91 bits per heavy atom. The standard InChI is InChI=1S/C18H28N2O2/c1-4-13-22-18-15(3)6-5-14(2)17(18)16(21)7-10-20-11-8-19-9-12-20/h5-6,19H,4,7-13H2,1-3H3. The van der Waals surface area contributed by atoms with Crippen LogP contribution in [0.3, 0.4) is 0 Å². The van der Waals surface area contributed by atoms with Gasteiger partial charge in [0.25, 0.3) is 0 Å². The van der Waals surface area contributed by atoms with E-state index in [-0.39, 0.29) is 5.78 Å². The molecule has 1 saturated heterocycles. The third kappa shape index (κ3) is 4.31. The van der Waals surface area contributed by atoms with E-state index in [2.05, 4.69) is 17.1 Å². The fourth-order valence-corrected chi connectivity index (χ4v) is 2.84. The highest BCUT2D eigenvalue weighted by Gasteiger charge is 2.19. The molecular formula is C18H28N2O2. The van der Waals surface area contributed by atoms with E-state index in [1.807, 2.05) is 26.0 Å². The second kappa shape index (κ2) is 8.30. The van der Waals surface area contributed by atoms with Gasteiger partial charge in [-0.05, 0) is 31.4 Å². The van der Waals surface area contributed by atoms with Gasteiger partial charge in [-0.3, -0.25) is 4.79 Å². The first-order valence-electron chi connectivity index (χ1n) is 8.32. The number of nitrogens with zero attached hydrogens (tertiary/aromatic N) is 1. The summed E-state index contributed by atoms with van der Waals surface area (Å²) >= 11 is 0. The van der Waals surface area contributed by atoms with Crippen LogP contribution in [-0.4, -0.2) is 50.0 Å². The van der Waals surface area contributed by atoms with Crippen molar-refractivity contribution >= 4 is 5.78 Å². The minimum absolute atomic E-state index is 0.200. The Morgan fingerprint density at radius 3 is 2.59 bits per heavy atom. The molecule has 1 N–H and O–H groups in total. The van der Waals surface area contributed by atoms with Gasteiger partial charge in [0.2, 0.25) is 0 Å². The van der Waals surface area contributed by atoms with Crippen LogP contribution in [0.15, 0.2) is 12.1 Å². The molecule has 0 radical (unpaired) electrons. The predicted octanol–water partition coefficient (Wildman–Crippen LogP) is 2.57. The summed E-state index contributed by atoms with van der Waals surface area (Å²) in [6.07, 6.45) is 1.51. The largest absolute Gasteiger partial charge is 0.493 e. The molecule has 0 aliphatic carbocycles. The van der Waals surface area contributed by atoms with Crippen molar-refractivity contribution in [2.24, 2.45) is 0 Å². The third-order valence-corrected chi connectivity index (χ3v) is 4.16. The van der Waals surface area contributed by atoms with Crippen LogP contribution in [0.4, 0.5) is 0 Å². The fourth-order valence-electron chi connectivity index (χ4n) is 2.84. The summed E-state index contributed by atoms with van der Waals surface area (Å²) in [6.45, 7) is 11.7. The van der Waals surface area contributed by atoms with E-state index < -0.39 is 0 Å². The minimum Gasteiger partial charge on any atom is -0.493 e. The van der Waals surface area contributed by atoms with E-state index in [4.69, 9.17) is 4.74 Å². The van der Waals surface area contributed by atoms with Gasteiger partial charge in [-0.1, -0.05) is 19.1 Å². The zero-order valence-electron chi connectivity index (χ0n) is 14.1. The van der Waals surface area contributed by atoms with Gasteiger partial charge < -0.3 is 15.0 Å². The monoisotopic (exact) mass is 304 g/mol. The van der Waals surface area contributed by atoms with Crippen LogP contribution in [0.1, 0.15) is 41.3 Å². The lowest BCUT2D eigenvalue weighted by molar-refractivity contribution is 0.0956. The second-order valence-electron chi connectivity index (χ2n) is 6.02. The molecule has 1 aliphatic rings. The number of piperazine rings is 1. The molecule has 122 valence electrons. The van der Waals surface area contributed by atoms with Crippen molar-refractivity contribution in [3.63, 3.8) is 0 Å². The first kappa shape index (κ1) is 17.0. The quantitative estimate of drug-likeness (QED) is 0.786. The molecule has 1 heterocycles. The summed E-state index contributed by atoms with van der Waals surface area (Å²) < 4.78 is 5.87. The fraction of sp³-hybridized carbons (Fsp3) is 0.611. The molecule has 0 bridgehead atoms. The summed E-state index contributed by atoms with van der Waals surface area (Å²) in [6, 6.07) is 4.06. The molecule has 1 aromatic carbocycles. The number of ketones is 1. The van der Waals surface area contributed by atoms with E-state index in [0.29, 0.717) is 13.0 Å². The van der Waals surface area contributed by atoms with Gasteiger partial charge in [-0.15, -0.1) is 0 Å². The average molecular weight is 304 g/mol. The van der Waals surface area contributed by atoms with Crippen LogP contribution in [0.5, 0.6) is 5.75 Å². The molecule has 4 nitrogen and oxygen atoms in total.